The van der Waals surface area contributed by atoms with Crippen molar-refractivity contribution in [3.05, 3.63) is 34.6 Å². The lowest BCUT2D eigenvalue weighted by Gasteiger charge is -2.35. The molecule has 1 aromatic carbocycles. The third kappa shape index (κ3) is 3.67. The summed E-state index contributed by atoms with van der Waals surface area (Å²) >= 11 is 6.02. The van der Waals surface area contributed by atoms with Gasteiger partial charge in [-0.15, -0.1) is 0 Å². The van der Waals surface area contributed by atoms with E-state index in [2.05, 4.69) is 0 Å². The van der Waals surface area contributed by atoms with E-state index in [0.29, 0.717) is 17.1 Å². The van der Waals surface area contributed by atoms with Crippen LogP contribution in [0.25, 0.3) is 0 Å². The largest absolute Gasteiger partial charge is 0.481 e. The molecule has 1 aliphatic heterocycles. The Morgan fingerprint density at radius 2 is 2.26 bits per heavy atom. The van der Waals surface area contributed by atoms with Gasteiger partial charge in [0.1, 0.15) is 5.82 Å². The van der Waals surface area contributed by atoms with Gasteiger partial charge >= 0.3 is 5.97 Å². The first-order valence-electron chi connectivity index (χ1n) is 6.46. The van der Waals surface area contributed by atoms with Crippen LogP contribution in [-0.4, -0.2) is 28.6 Å². The van der Waals surface area contributed by atoms with Crippen molar-refractivity contribution in [2.24, 2.45) is 0 Å². The molecule has 3 nitrogen and oxygen atoms in total. The summed E-state index contributed by atoms with van der Waals surface area (Å²) in [6.45, 7) is 1.17. The average Bonchev–Trinajstić information content (AvgIpc) is 2.35. The molecule has 1 saturated heterocycles. The first kappa shape index (κ1) is 14.3. The van der Waals surface area contributed by atoms with Crippen LogP contribution in [0.4, 0.5) is 4.39 Å². The molecule has 1 fully saturated rings. The van der Waals surface area contributed by atoms with E-state index in [9.17, 15) is 9.18 Å². The second-order valence-corrected chi connectivity index (χ2v) is 5.33. The number of nitrogens with zero attached hydrogens (tertiary/aromatic N) is 1. The van der Waals surface area contributed by atoms with Crippen molar-refractivity contribution >= 4 is 17.6 Å². The summed E-state index contributed by atoms with van der Waals surface area (Å²) < 4.78 is 13.8. The van der Waals surface area contributed by atoms with E-state index in [1.807, 2.05) is 4.90 Å². The fourth-order valence-corrected chi connectivity index (χ4v) is 2.81. The zero-order valence-corrected chi connectivity index (χ0v) is 11.4. The maximum atomic E-state index is 13.8. The molecule has 0 amide bonds. The van der Waals surface area contributed by atoms with Crippen molar-refractivity contribution < 1.29 is 14.3 Å². The van der Waals surface area contributed by atoms with E-state index in [-0.39, 0.29) is 18.3 Å². The molecular weight excluding hydrogens is 269 g/mol. The third-order valence-electron chi connectivity index (χ3n) is 3.58. The Hall–Kier alpha value is -1.13. The van der Waals surface area contributed by atoms with Crippen LogP contribution in [0.2, 0.25) is 5.02 Å². The minimum atomic E-state index is -0.809. The van der Waals surface area contributed by atoms with Crippen LogP contribution in [0.15, 0.2) is 18.2 Å². The summed E-state index contributed by atoms with van der Waals surface area (Å²) in [4.78, 5) is 12.9. The second-order valence-electron chi connectivity index (χ2n) is 4.92. The van der Waals surface area contributed by atoms with Gasteiger partial charge < -0.3 is 5.11 Å². The number of rotatable bonds is 4. The van der Waals surface area contributed by atoms with Gasteiger partial charge in [-0.05, 0) is 31.5 Å². The molecule has 0 radical (unpaired) electrons. The highest BCUT2D eigenvalue weighted by molar-refractivity contribution is 6.31. The molecule has 0 bridgehead atoms. The topological polar surface area (TPSA) is 40.5 Å². The van der Waals surface area contributed by atoms with Crippen molar-refractivity contribution in [3.8, 4) is 0 Å². The maximum absolute atomic E-state index is 13.8. The molecule has 104 valence electrons. The molecule has 0 aliphatic carbocycles. The highest BCUT2D eigenvalue weighted by Crippen LogP contribution is 2.26. The monoisotopic (exact) mass is 285 g/mol. The number of carboxylic acids is 1. The molecule has 1 N–H and O–H groups in total. The maximum Gasteiger partial charge on any atom is 0.304 e. The summed E-state index contributed by atoms with van der Waals surface area (Å²) in [6, 6.07) is 4.60. The minimum Gasteiger partial charge on any atom is -0.481 e. The molecule has 0 spiro atoms. The number of hydrogen-bond acceptors (Lipinski definition) is 2. The Kier molecular flexibility index (Phi) is 4.77. The SMILES string of the molecule is O=C(O)CC1CCCCN1Cc1c(F)cccc1Cl. The van der Waals surface area contributed by atoms with Gasteiger partial charge in [0, 0.05) is 23.2 Å². The van der Waals surface area contributed by atoms with Gasteiger partial charge in [0.2, 0.25) is 0 Å². The molecule has 1 unspecified atom stereocenters. The van der Waals surface area contributed by atoms with Gasteiger partial charge in [-0.25, -0.2) is 4.39 Å². The summed E-state index contributed by atoms with van der Waals surface area (Å²) in [5, 5.41) is 9.33. The number of aliphatic carboxylic acids is 1. The first-order valence-corrected chi connectivity index (χ1v) is 6.84. The Morgan fingerprint density at radius 3 is 2.95 bits per heavy atom. The van der Waals surface area contributed by atoms with E-state index < -0.39 is 5.97 Å². The fraction of sp³-hybridized carbons (Fsp3) is 0.500. The molecule has 19 heavy (non-hydrogen) atoms. The summed E-state index contributed by atoms with van der Waals surface area (Å²) in [6.07, 6.45) is 2.99. The van der Waals surface area contributed by atoms with Crippen LogP contribution >= 0.6 is 11.6 Å². The van der Waals surface area contributed by atoms with Crippen LogP contribution in [0.3, 0.4) is 0 Å². The van der Waals surface area contributed by atoms with Crippen LogP contribution in [0.5, 0.6) is 0 Å². The van der Waals surface area contributed by atoms with Crippen LogP contribution in [0.1, 0.15) is 31.2 Å². The number of likely N-dealkylation sites (tertiary alicyclic amines) is 1. The summed E-state index contributed by atoms with van der Waals surface area (Å²) in [7, 11) is 0. The zero-order chi connectivity index (χ0) is 13.8. The lowest BCUT2D eigenvalue weighted by atomic mass is 9.98. The van der Waals surface area contributed by atoms with Gasteiger partial charge in [0.15, 0.2) is 0 Å². The second kappa shape index (κ2) is 6.35. The fourth-order valence-electron chi connectivity index (χ4n) is 2.59. The van der Waals surface area contributed by atoms with Crippen LogP contribution in [-0.2, 0) is 11.3 Å². The Bertz CT molecular complexity index is 447. The molecule has 2 rings (SSSR count). The summed E-state index contributed by atoms with van der Waals surface area (Å²) in [5.74, 6) is -1.14. The van der Waals surface area contributed by atoms with Crippen molar-refractivity contribution in [3.63, 3.8) is 0 Å². The van der Waals surface area contributed by atoms with Gasteiger partial charge in [-0.1, -0.05) is 24.1 Å². The van der Waals surface area contributed by atoms with E-state index in [0.717, 1.165) is 25.8 Å². The normalized spacial score (nSPS) is 20.4. The highest BCUT2D eigenvalue weighted by Gasteiger charge is 2.25. The van der Waals surface area contributed by atoms with Gasteiger partial charge in [0.05, 0.1) is 6.42 Å². The molecular formula is C14H17ClFNO2. The van der Waals surface area contributed by atoms with Crippen molar-refractivity contribution in [2.45, 2.75) is 38.3 Å². The van der Waals surface area contributed by atoms with Crippen molar-refractivity contribution in [1.29, 1.82) is 0 Å². The van der Waals surface area contributed by atoms with E-state index in [1.54, 1.807) is 12.1 Å². The predicted octanol–water partition coefficient (Wildman–Crippen LogP) is 3.31. The van der Waals surface area contributed by atoms with E-state index in [1.165, 1.54) is 6.07 Å². The number of halogens is 2. The number of carboxylic acid groups (broad SMARTS) is 1. The number of hydrogen-bond donors (Lipinski definition) is 1. The van der Waals surface area contributed by atoms with E-state index in [4.69, 9.17) is 16.7 Å². The third-order valence-corrected chi connectivity index (χ3v) is 3.94. The smallest absolute Gasteiger partial charge is 0.304 e. The molecule has 1 heterocycles. The molecule has 1 aliphatic rings. The quantitative estimate of drug-likeness (QED) is 0.923. The van der Waals surface area contributed by atoms with Crippen molar-refractivity contribution in [2.75, 3.05) is 6.54 Å². The average molecular weight is 286 g/mol. The molecule has 0 aromatic heterocycles. The van der Waals surface area contributed by atoms with Gasteiger partial charge in [-0.3, -0.25) is 9.69 Å². The molecule has 1 aromatic rings. The van der Waals surface area contributed by atoms with Gasteiger partial charge in [-0.2, -0.15) is 0 Å². The standard InChI is InChI=1S/C14H17ClFNO2/c15-12-5-3-6-13(16)11(12)9-17-7-2-1-4-10(17)8-14(18)19/h3,5-6,10H,1-2,4,7-9H2,(H,18,19). The van der Waals surface area contributed by atoms with E-state index >= 15 is 0 Å². The Balaban J connectivity index is 2.13. The van der Waals surface area contributed by atoms with Crippen LogP contribution < -0.4 is 0 Å². The summed E-state index contributed by atoms with van der Waals surface area (Å²) in [5.41, 5.74) is 0.460. The van der Waals surface area contributed by atoms with Gasteiger partial charge in [0.25, 0.3) is 0 Å². The van der Waals surface area contributed by atoms with Crippen molar-refractivity contribution in [1.82, 2.24) is 4.90 Å². The predicted molar refractivity (Wildman–Crippen MR) is 71.7 cm³/mol. The molecule has 0 saturated carbocycles. The molecule has 1 atom stereocenters. The minimum absolute atomic E-state index is 0.0260. The van der Waals surface area contributed by atoms with Crippen LogP contribution in [0, 0.1) is 5.82 Å². The Morgan fingerprint density at radius 1 is 1.47 bits per heavy atom. The Labute approximate surface area is 117 Å². The zero-order valence-electron chi connectivity index (χ0n) is 10.6. The highest BCUT2D eigenvalue weighted by atomic mass is 35.5. The first-order chi connectivity index (χ1) is 9.08. The number of benzene rings is 1. The molecule has 5 heteroatoms. The number of carbonyl (C=O) groups is 1. The number of piperidine rings is 1. The lowest BCUT2D eigenvalue weighted by molar-refractivity contribution is -0.138. The lowest BCUT2D eigenvalue weighted by Crippen LogP contribution is -2.40.